The summed E-state index contributed by atoms with van der Waals surface area (Å²) >= 11 is 0. The van der Waals surface area contributed by atoms with Crippen LogP contribution in [0.1, 0.15) is 33.1 Å². The highest BCUT2D eigenvalue weighted by atomic mass is 19.3. The molecule has 2 aliphatic rings. The van der Waals surface area contributed by atoms with Crippen molar-refractivity contribution >= 4 is 0 Å². The average Bonchev–Trinajstić information content (AvgIpc) is 2.37. The summed E-state index contributed by atoms with van der Waals surface area (Å²) in [7, 11) is 0. The lowest BCUT2D eigenvalue weighted by Crippen LogP contribution is -2.55. The molecule has 0 spiro atoms. The van der Waals surface area contributed by atoms with Gasteiger partial charge < -0.3 is 19.3 Å². The van der Waals surface area contributed by atoms with E-state index in [0.717, 1.165) is 13.1 Å². The maximum atomic E-state index is 13.6. The highest BCUT2D eigenvalue weighted by Gasteiger charge is 2.35. The first-order valence-corrected chi connectivity index (χ1v) is 8.46. The molecule has 0 radical (unpaired) electrons. The molecule has 1 aliphatic heterocycles. The van der Waals surface area contributed by atoms with Crippen LogP contribution in [0, 0.1) is 0 Å². The van der Waals surface area contributed by atoms with Crippen LogP contribution in [0.2, 0.25) is 0 Å². The summed E-state index contributed by atoms with van der Waals surface area (Å²) < 4.78 is 43.0. The van der Waals surface area contributed by atoms with Crippen molar-refractivity contribution in [2.45, 2.75) is 63.4 Å². The standard InChI is InChI=1S/C16H29F2NO4/c1-12(2)19-8-15(9-19)23-11-16(17,18)10-21-4-3-5-22-14-6-13(20)7-14/h12-15,20H,3-11H2,1-2H3. The second-order valence-electron chi connectivity index (χ2n) is 6.86. The number of likely N-dealkylation sites (tertiary alicyclic amines) is 1. The maximum absolute atomic E-state index is 13.6. The van der Waals surface area contributed by atoms with Gasteiger partial charge in [0.15, 0.2) is 0 Å². The second kappa shape index (κ2) is 8.67. The molecule has 0 bridgehead atoms. The van der Waals surface area contributed by atoms with E-state index in [4.69, 9.17) is 19.3 Å². The summed E-state index contributed by atoms with van der Waals surface area (Å²) in [5.74, 6) is -2.95. The molecule has 2 fully saturated rings. The van der Waals surface area contributed by atoms with Crippen LogP contribution in [0.5, 0.6) is 0 Å². The van der Waals surface area contributed by atoms with Gasteiger partial charge in [0.05, 0.1) is 18.3 Å². The molecular formula is C16H29F2NO4. The summed E-state index contributed by atoms with van der Waals surface area (Å²) in [6.45, 7) is 5.13. The van der Waals surface area contributed by atoms with Crippen LogP contribution in [0.3, 0.4) is 0 Å². The van der Waals surface area contributed by atoms with E-state index in [-0.39, 0.29) is 24.9 Å². The number of rotatable bonds is 11. The van der Waals surface area contributed by atoms with Crippen LogP contribution in [0.25, 0.3) is 0 Å². The molecule has 0 aromatic carbocycles. The zero-order valence-electron chi connectivity index (χ0n) is 14.0. The second-order valence-corrected chi connectivity index (χ2v) is 6.86. The minimum atomic E-state index is -2.95. The first-order chi connectivity index (χ1) is 10.9. The minimum Gasteiger partial charge on any atom is -0.393 e. The fraction of sp³-hybridized carbons (Fsp3) is 1.00. The minimum absolute atomic E-state index is 0.0884. The molecule has 7 heteroatoms. The Morgan fingerprint density at radius 1 is 1.09 bits per heavy atom. The third kappa shape index (κ3) is 6.58. The smallest absolute Gasteiger partial charge is 0.293 e. The van der Waals surface area contributed by atoms with Gasteiger partial charge in [0.25, 0.3) is 5.92 Å². The SMILES string of the molecule is CC(C)N1CC(OCC(F)(F)COCCCOC2CC(O)C2)C1. The number of nitrogens with zero attached hydrogens (tertiary/aromatic N) is 1. The van der Waals surface area contributed by atoms with Crippen LogP contribution in [-0.4, -0.2) is 79.8 Å². The summed E-state index contributed by atoms with van der Waals surface area (Å²) in [6.07, 6.45) is 1.72. The van der Waals surface area contributed by atoms with Gasteiger partial charge in [-0.25, -0.2) is 8.78 Å². The Morgan fingerprint density at radius 2 is 1.78 bits per heavy atom. The Bertz CT molecular complexity index is 345. The van der Waals surface area contributed by atoms with Gasteiger partial charge in [0.2, 0.25) is 0 Å². The Kier molecular flexibility index (Phi) is 7.16. The molecule has 0 aromatic rings. The Balaban J connectivity index is 1.43. The van der Waals surface area contributed by atoms with Gasteiger partial charge >= 0.3 is 0 Å². The van der Waals surface area contributed by atoms with E-state index in [2.05, 4.69) is 18.7 Å². The molecule has 1 aliphatic carbocycles. The van der Waals surface area contributed by atoms with Crippen LogP contribution in [0.4, 0.5) is 8.78 Å². The molecule has 0 aromatic heterocycles. The molecule has 23 heavy (non-hydrogen) atoms. The third-order valence-electron chi connectivity index (χ3n) is 4.31. The fourth-order valence-corrected chi connectivity index (χ4v) is 2.58. The molecule has 5 nitrogen and oxygen atoms in total. The topological polar surface area (TPSA) is 51.2 Å². The van der Waals surface area contributed by atoms with Crippen molar-refractivity contribution in [1.29, 1.82) is 0 Å². The van der Waals surface area contributed by atoms with Gasteiger partial charge in [0.1, 0.15) is 13.2 Å². The van der Waals surface area contributed by atoms with Crippen molar-refractivity contribution in [3.8, 4) is 0 Å². The number of aliphatic hydroxyl groups is 1. The van der Waals surface area contributed by atoms with Crippen LogP contribution >= 0.6 is 0 Å². The predicted octanol–water partition coefficient (Wildman–Crippen LogP) is 1.68. The van der Waals surface area contributed by atoms with Crippen LogP contribution < -0.4 is 0 Å². The van der Waals surface area contributed by atoms with Crippen molar-refractivity contribution in [1.82, 2.24) is 4.90 Å². The van der Waals surface area contributed by atoms with E-state index in [1.807, 2.05) is 0 Å². The van der Waals surface area contributed by atoms with Gasteiger partial charge in [-0.15, -0.1) is 0 Å². The van der Waals surface area contributed by atoms with Gasteiger partial charge in [-0.05, 0) is 33.1 Å². The lowest BCUT2D eigenvalue weighted by molar-refractivity contribution is -0.162. The molecule has 0 atom stereocenters. The molecular weight excluding hydrogens is 308 g/mol. The largest absolute Gasteiger partial charge is 0.393 e. The number of ether oxygens (including phenoxy) is 3. The van der Waals surface area contributed by atoms with Crippen molar-refractivity contribution in [3.63, 3.8) is 0 Å². The lowest BCUT2D eigenvalue weighted by Gasteiger charge is -2.42. The fourth-order valence-electron chi connectivity index (χ4n) is 2.58. The Morgan fingerprint density at radius 3 is 2.39 bits per heavy atom. The molecule has 0 unspecified atom stereocenters. The number of aliphatic hydroxyl groups excluding tert-OH is 1. The van der Waals surface area contributed by atoms with E-state index in [1.54, 1.807) is 0 Å². The quantitative estimate of drug-likeness (QED) is 0.581. The normalized spacial score (nSPS) is 26.3. The van der Waals surface area contributed by atoms with E-state index in [1.165, 1.54) is 0 Å². The van der Waals surface area contributed by atoms with Crippen molar-refractivity contribution in [2.75, 3.05) is 39.5 Å². The van der Waals surface area contributed by atoms with Crippen molar-refractivity contribution < 1.29 is 28.1 Å². The molecule has 1 saturated carbocycles. The highest BCUT2D eigenvalue weighted by Crippen LogP contribution is 2.23. The van der Waals surface area contributed by atoms with E-state index < -0.39 is 19.1 Å². The zero-order chi connectivity index (χ0) is 16.9. The molecule has 0 amide bonds. The Labute approximate surface area is 136 Å². The predicted molar refractivity (Wildman–Crippen MR) is 81.8 cm³/mol. The first-order valence-electron chi connectivity index (χ1n) is 8.46. The number of halogens is 2. The molecule has 2 rings (SSSR count). The van der Waals surface area contributed by atoms with E-state index in [0.29, 0.717) is 31.9 Å². The number of alkyl halides is 2. The maximum Gasteiger partial charge on any atom is 0.293 e. The summed E-state index contributed by atoms with van der Waals surface area (Å²) in [6, 6.07) is 0.434. The number of hydrogen-bond acceptors (Lipinski definition) is 5. The monoisotopic (exact) mass is 337 g/mol. The summed E-state index contributed by atoms with van der Waals surface area (Å²) in [4.78, 5) is 2.18. The highest BCUT2D eigenvalue weighted by molar-refractivity contribution is 4.83. The van der Waals surface area contributed by atoms with Crippen molar-refractivity contribution in [3.05, 3.63) is 0 Å². The zero-order valence-corrected chi connectivity index (χ0v) is 14.0. The van der Waals surface area contributed by atoms with E-state index in [9.17, 15) is 8.78 Å². The van der Waals surface area contributed by atoms with Crippen LogP contribution in [-0.2, 0) is 14.2 Å². The Hall–Kier alpha value is -0.340. The first kappa shape index (κ1) is 19.0. The molecule has 1 heterocycles. The van der Waals surface area contributed by atoms with Gasteiger partial charge in [-0.1, -0.05) is 0 Å². The van der Waals surface area contributed by atoms with E-state index >= 15 is 0 Å². The van der Waals surface area contributed by atoms with Gasteiger partial charge in [-0.3, -0.25) is 4.90 Å². The van der Waals surface area contributed by atoms with Gasteiger partial charge in [-0.2, -0.15) is 0 Å². The van der Waals surface area contributed by atoms with Crippen molar-refractivity contribution in [2.24, 2.45) is 0 Å². The summed E-state index contributed by atoms with van der Waals surface area (Å²) in [5.41, 5.74) is 0. The van der Waals surface area contributed by atoms with Gasteiger partial charge in [0, 0.05) is 32.3 Å². The molecule has 1 N–H and O–H groups in total. The third-order valence-corrected chi connectivity index (χ3v) is 4.31. The average molecular weight is 337 g/mol. The molecule has 136 valence electrons. The molecule has 1 saturated heterocycles. The lowest BCUT2D eigenvalue weighted by atomic mass is 9.92. The number of hydrogen-bond donors (Lipinski definition) is 1. The van der Waals surface area contributed by atoms with Crippen LogP contribution in [0.15, 0.2) is 0 Å². The summed E-state index contributed by atoms with van der Waals surface area (Å²) in [5, 5.41) is 9.10.